The number of carbonyl (C=O) groups excluding carboxylic acids is 2. The van der Waals surface area contributed by atoms with E-state index < -0.39 is 0 Å². The fourth-order valence-electron chi connectivity index (χ4n) is 5.26. The van der Waals surface area contributed by atoms with Gasteiger partial charge in [0.25, 0.3) is 0 Å². The number of aryl methyl sites for hydroxylation is 3. The van der Waals surface area contributed by atoms with Gasteiger partial charge in [-0.2, -0.15) is 5.10 Å². The second-order valence-electron chi connectivity index (χ2n) is 9.77. The zero-order valence-electron chi connectivity index (χ0n) is 20.9. The lowest BCUT2D eigenvalue weighted by Gasteiger charge is -2.36. The van der Waals surface area contributed by atoms with E-state index in [9.17, 15) is 9.59 Å². The van der Waals surface area contributed by atoms with Crippen molar-refractivity contribution in [3.63, 3.8) is 0 Å². The lowest BCUT2D eigenvalue weighted by Crippen LogP contribution is -2.45. The molecule has 6 rings (SSSR count). The summed E-state index contributed by atoms with van der Waals surface area (Å²) in [6, 6.07) is 15.6. The molecule has 2 aromatic carbocycles. The van der Waals surface area contributed by atoms with E-state index in [-0.39, 0.29) is 17.3 Å². The molecule has 188 valence electrons. The number of ketones is 2. The summed E-state index contributed by atoms with van der Waals surface area (Å²) in [5, 5.41) is 12.4. The topological polar surface area (TPSA) is 89.2 Å². The van der Waals surface area contributed by atoms with Crippen LogP contribution in [-0.4, -0.2) is 67.4 Å². The number of benzene rings is 2. The summed E-state index contributed by atoms with van der Waals surface area (Å²) in [6.07, 6.45) is 5.68. The van der Waals surface area contributed by atoms with Crippen LogP contribution in [0.15, 0.2) is 60.9 Å². The molecule has 0 spiro atoms. The zero-order valence-corrected chi connectivity index (χ0v) is 20.9. The molecule has 3 heterocycles. The number of rotatable bonds is 7. The highest BCUT2D eigenvalue weighted by atomic mass is 16.1. The highest BCUT2D eigenvalue weighted by molar-refractivity contribution is 6.26. The quantitative estimate of drug-likeness (QED) is 0.343. The van der Waals surface area contributed by atoms with Crippen molar-refractivity contribution in [1.82, 2.24) is 29.7 Å². The Morgan fingerprint density at radius 2 is 1.59 bits per heavy atom. The van der Waals surface area contributed by atoms with Gasteiger partial charge in [0.1, 0.15) is 5.69 Å². The molecule has 9 heteroatoms. The first-order valence-electron chi connectivity index (χ1n) is 12.7. The average molecular weight is 496 g/mol. The SMILES string of the molecule is Cn1cc(CN2CCN(c3ccc(CCCn4nnc5c4C(=O)c4ccccc4C5=O)cc3)CC2)cn1. The van der Waals surface area contributed by atoms with Crippen LogP contribution in [0.4, 0.5) is 5.69 Å². The molecular weight excluding hydrogens is 466 g/mol. The number of hydrogen-bond donors (Lipinski definition) is 0. The first kappa shape index (κ1) is 23.3. The highest BCUT2D eigenvalue weighted by Gasteiger charge is 2.34. The van der Waals surface area contributed by atoms with Crippen LogP contribution in [0.5, 0.6) is 0 Å². The van der Waals surface area contributed by atoms with E-state index in [1.807, 2.05) is 17.9 Å². The summed E-state index contributed by atoms with van der Waals surface area (Å²) in [5.74, 6) is -0.412. The largest absolute Gasteiger partial charge is 0.369 e. The van der Waals surface area contributed by atoms with Gasteiger partial charge in [-0.1, -0.05) is 41.6 Å². The van der Waals surface area contributed by atoms with Gasteiger partial charge in [-0.25, -0.2) is 4.68 Å². The standard InChI is InChI=1S/C28H29N7O2/c1-32-18-21(17-29-32)19-33-13-15-34(16-14-33)22-10-8-20(9-11-22)5-4-12-35-26-25(30-31-35)27(36)23-6-2-3-7-24(23)28(26)37/h2-3,6-11,17-18H,4-5,12-16,19H2,1H3. The normalized spacial score (nSPS) is 15.6. The van der Waals surface area contributed by atoms with Crippen LogP contribution in [0.3, 0.4) is 0 Å². The molecule has 1 aliphatic heterocycles. The summed E-state index contributed by atoms with van der Waals surface area (Å²) in [4.78, 5) is 30.7. The van der Waals surface area contributed by atoms with Crippen LogP contribution in [0, 0.1) is 0 Å². The van der Waals surface area contributed by atoms with Gasteiger partial charge in [-0.3, -0.25) is 19.2 Å². The minimum Gasteiger partial charge on any atom is -0.369 e. The van der Waals surface area contributed by atoms with Crippen LogP contribution in [0.1, 0.15) is 49.7 Å². The third-order valence-corrected chi connectivity index (χ3v) is 7.26. The summed E-state index contributed by atoms with van der Waals surface area (Å²) in [5.41, 5.74) is 5.04. The molecule has 4 aromatic rings. The first-order valence-corrected chi connectivity index (χ1v) is 12.7. The molecule has 0 atom stereocenters. The number of carbonyl (C=O) groups is 2. The van der Waals surface area contributed by atoms with E-state index in [1.54, 1.807) is 28.9 Å². The second-order valence-corrected chi connectivity index (χ2v) is 9.77. The molecule has 9 nitrogen and oxygen atoms in total. The molecule has 0 bridgehead atoms. The molecule has 0 amide bonds. The van der Waals surface area contributed by atoms with Gasteiger partial charge in [0, 0.05) is 74.9 Å². The monoisotopic (exact) mass is 495 g/mol. The Bertz CT molecular complexity index is 1450. The number of fused-ring (bicyclic) bond motifs is 2. The maximum atomic E-state index is 13.0. The third kappa shape index (κ3) is 4.58. The van der Waals surface area contributed by atoms with Crippen molar-refractivity contribution in [2.45, 2.75) is 25.9 Å². The van der Waals surface area contributed by atoms with Crippen LogP contribution in [-0.2, 0) is 26.6 Å². The van der Waals surface area contributed by atoms with Crippen molar-refractivity contribution >= 4 is 17.3 Å². The Balaban J connectivity index is 1.02. The molecule has 0 saturated carbocycles. The van der Waals surface area contributed by atoms with Crippen molar-refractivity contribution in [1.29, 1.82) is 0 Å². The molecule has 1 aliphatic carbocycles. The Kier molecular flexibility index (Phi) is 6.13. The van der Waals surface area contributed by atoms with Crippen LogP contribution in [0.25, 0.3) is 0 Å². The van der Waals surface area contributed by atoms with Gasteiger partial charge in [0.05, 0.1) is 6.20 Å². The van der Waals surface area contributed by atoms with E-state index in [4.69, 9.17) is 0 Å². The maximum Gasteiger partial charge on any atom is 0.216 e. The fourth-order valence-corrected chi connectivity index (χ4v) is 5.26. The molecule has 0 N–H and O–H groups in total. The fraction of sp³-hybridized carbons (Fsp3) is 0.321. The van der Waals surface area contributed by atoms with E-state index in [0.29, 0.717) is 23.4 Å². The van der Waals surface area contributed by atoms with Gasteiger partial charge in [0.15, 0.2) is 5.69 Å². The van der Waals surface area contributed by atoms with Crippen molar-refractivity contribution in [2.24, 2.45) is 7.05 Å². The molecule has 0 radical (unpaired) electrons. The summed E-state index contributed by atoms with van der Waals surface area (Å²) >= 11 is 0. The van der Waals surface area contributed by atoms with Crippen LogP contribution in [0.2, 0.25) is 0 Å². The minimum absolute atomic E-state index is 0.161. The predicted molar refractivity (Wildman–Crippen MR) is 139 cm³/mol. The van der Waals surface area contributed by atoms with Gasteiger partial charge < -0.3 is 4.90 Å². The molecule has 0 unspecified atom stereocenters. The number of hydrogen-bond acceptors (Lipinski definition) is 7. The van der Waals surface area contributed by atoms with E-state index >= 15 is 0 Å². The van der Waals surface area contributed by atoms with Gasteiger partial charge in [-0.05, 0) is 30.5 Å². The van der Waals surface area contributed by atoms with E-state index in [0.717, 1.165) is 45.6 Å². The number of piperazine rings is 1. The van der Waals surface area contributed by atoms with Gasteiger partial charge in [0.2, 0.25) is 11.6 Å². The number of nitrogens with zero attached hydrogens (tertiary/aromatic N) is 7. The van der Waals surface area contributed by atoms with E-state index in [1.165, 1.54) is 16.8 Å². The third-order valence-electron chi connectivity index (χ3n) is 7.26. The average Bonchev–Trinajstić information content (AvgIpc) is 3.54. The maximum absolute atomic E-state index is 13.0. The zero-order chi connectivity index (χ0) is 25.4. The number of anilines is 1. The van der Waals surface area contributed by atoms with Gasteiger partial charge >= 0.3 is 0 Å². The van der Waals surface area contributed by atoms with Crippen molar-refractivity contribution < 1.29 is 9.59 Å². The molecular formula is C28H29N7O2. The van der Waals surface area contributed by atoms with Crippen LogP contribution < -0.4 is 4.90 Å². The summed E-state index contributed by atoms with van der Waals surface area (Å²) in [7, 11) is 1.95. The Labute approximate surface area is 215 Å². The molecule has 2 aromatic heterocycles. The van der Waals surface area contributed by atoms with Crippen molar-refractivity contribution in [3.05, 3.63) is 94.6 Å². The molecule has 2 aliphatic rings. The number of aromatic nitrogens is 5. The first-order chi connectivity index (χ1) is 18.1. The summed E-state index contributed by atoms with van der Waals surface area (Å²) < 4.78 is 3.44. The van der Waals surface area contributed by atoms with Gasteiger partial charge in [-0.15, -0.1) is 5.10 Å². The minimum atomic E-state index is -0.232. The second kappa shape index (κ2) is 9.74. The lowest BCUT2D eigenvalue weighted by atomic mass is 9.90. The summed E-state index contributed by atoms with van der Waals surface area (Å²) in [6.45, 7) is 5.56. The predicted octanol–water partition coefficient (Wildman–Crippen LogP) is 2.74. The Hall–Kier alpha value is -4.11. The molecule has 1 saturated heterocycles. The Morgan fingerprint density at radius 1 is 0.865 bits per heavy atom. The Morgan fingerprint density at radius 3 is 2.30 bits per heavy atom. The van der Waals surface area contributed by atoms with Crippen molar-refractivity contribution in [2.75, 3.05) is 31.1 Å². The molecule has 1 fully saturated rings. The van der Waals surface area contributed by atoms with E-state index in [2.05, 4.69) is 55.7 Å². The lowest BCUT2D eigenvalue weighted by molar-refractivity contribution is 0.0970. The van der Waals surface area contributed by atoms with Crippen molar-refractivity contribution in [3.8, 4) is 0 Å². The molecule has 37 heavy (non-hydrogen) atoms. The smallest absolute Gasteiger partial charge is 0.216 e. The highest BCUT2D eigenvalue weighted by Crippen LogP contribution is 2.26. The van der Waals surface area contributed by atoms with Crippen LogP contribution >= 0.6 is 0 Å².